The fourth-order valence-electron chi connectivity index (χ4n) is 2.85. The van der Waals surface area contributed by atoms with Crippen LogP contribution in [0.15, 0.2) is 42.7 Å². The van der Waals surface area contributed by atoms with E-state index in [0.717, 1.165) is 44.2 Å². The Morgan fingerprint density at radius 1 is 1.08 bits per heavy atom. The summed E-state index contributed by atoms with van der Waals surface area (Å²) < 4.78 is 0. The molecule has 1 fully saturated rings. The number of amides is 1. The Balaban J connectivity index is 1.39. The Hall–Kier alpha value is -2.51. The quantitative estimate of drug-likeness (QED) is 0.796. The van der Waals surface area contributed by atoms with Crippen molar-refractivity contribution in [3.05, 3.63) is 53.9 Å². The van der Waals surface area contributed by atoms with Gasteiger partial charge in [-0.05, 0) is 23.8 Å². The summed E-state index contributed by atoms with van der Waals surface area (Å²) in [5.41, 5.74) is 7.26. The molecule has 0 aliphatic carbocycles. The van der Waals surface area contributed by atoms with E-state index in [2.05, 4.69) is 25.1 Å². The van der Waals surface area contributed by atoms with Crippen molar-refractivity contribution in [2.24, 2.45) is 5.73 Å². The van der Waals surface area contributed by atoms with Gasteiger partial charge in [0, 0.05) is 63.8 Å². The summed E-state index contributed by atoms with van der Waals surface area (Å²) in [5, 5.41) is 2.98. The fourth-order valence-corrected chi connectivity index (χ4v) is 2.85. The van der Waals surface area contributed by atoms with Crippen molar-refractivity contribution in [1.82, 2.24) is 20.2 Å². The molecule has 0 bridgehead atoms. The normalized spacial score (nSPS) is 15.2. The maximum atomic E-state index is 12.1. The number of anilines is 1. The molecule has 0 radical (unpaired) electrons. The molecule has 0 unspecified atom stereocenters. The first-order valence-corrected chi connectivity index (χ1v) is 8.58. The van der Waals surface area contributed by atoms with Crippen molar-refractivity contribution in [2.75, 3.05) is 44.2 Å². The SMILES string of the molecule is NCc1ccc(C(=O)NCCN2CCN(c3ncccn3)CC2)cc1. The van der Waals surface area contributed by atoms with Crippen LogP contribution in [0.3, 0.4) is 0 Å². The molecule has 1 aromatic heterocycles. The first kappa shape index (κ1) is 17.3. The number of nitrogens with two attached hydrogens (primary N) is 1. The van der Waals surface area contributed by atoms with E-state index in [0.29, 0.717) is 18.7 Å². The van der Waals surface area contributed by atoms with Crippen LogP contribution in [0.4, 0.5) is 5.95 Å². The molecule has 132 valence electrons. The number of benzene rings is 1. The molecule has 7 heteroatoms. The highest BCUT2D eigenvalue weighted by Crippen LogP contribution is 2.09. The van der Waals surface area contributed by atoms with Gasteiger partial charge in [0.2, 0.25) is 5.95 Å². The average Bonchev–Trinajstić information content (AvgIpc) is 2.69. The van der Waals surface area contributed by atoms with E-state index in [-0.39, 0.29) is 5.91 Å². The largest absolute Gasteiger partial charge is 0.351 e. The van der Waals surface area contributed by atoms with Crippen molar-refractivity contribution >= 4 is 11.9 Å². The van der Waals surface area contributed by atoms with Crippen LogP contribution < -0.4 is 16.0 Å². The molecule has 0 spiro atoms. The number of piperazine rings is 1. The molecule has 7 nitrogen and oxygen atoms in total. The molecule has 0 saturated carbocycles. The minimum atomic E-state index is -0.0418. The van der Waals surface area contributed by atoms with Crippen LogP contribution in [0.2, 0.25) is 0 Å². The van der Waals surface area contributed by atoms with Crippen LogP contribution in [-0.2, 0) is 6.54 Å². The van der Waals surface area contributed by atoms with Crippen LogP contribution in [0, 0.1) is 0 Å². The minimum Gasteiger partial charge on any atom is -0.351 e. The predicted molar refractivity (Wildman–Crippen MR) is 97.4 cm³/mol. The molecule has 1 amide bonds. The summed E-state index contributed by atoms with van der Waals surface area (Å²) in [6, 6.07) is 9.23. The zero-order valence-electron chi connectivity index (χ0n) is 14.3. The lowest BCUT2D eigenvalue weighted by Gasteiger charge is -2.34. The minimum absolute atomic E-state index is 0.0418. The van der Waals surface area contributed by atoms with Crippen LogP contribution in [-0.4, -0.2) is 60.0 Å². The van der Waals surface area contributed by atoms with Gasteiger partial charge in [0.05, 0.1) is 0 Å². The Bertz CT molecular complexity index is 668. The highest BCUT2D eigenvalue weighted by atomic mass is 16.1. The molecular weight excluding hydrogens is 316 g/mol. The van der Waals surface area contributed by atoms with Gasteiger partial charge in [0.15, 0.2) is 0 Å². The molecule has 25 heavy (non-hydrogen) atoms. The van der Waals surface area contributed by atoms with Gasteiger partial charge in [-0.3, -0.25) is 9.69 Å². The van der Waals surface area contributed by atoms with E-state index in [1.165, 1.54) is 0 Å². The molecule has 1 aliphatic rings. The molecule has 2 aromatic rings. The third-order valence-corrected chi connectivity index (χ3v) is 4.37. The molecule has 1 aliphatic heterocycles. The van der Waals surface area contributed by atoms with Gasteiger partial charge >= 0.3 is 0 Å². The number of hydrogen-bond acceptors (Lipinski definition) is 6. The molecule has 2 heterocycles. The van der Waals surface area contributed by atoms with Crippen molar-refractivity contribution < 1.29 is 4.79 Å². The highest BCUT2D eigenvalue weighted by Gasteiger charge is 2.18. The summed E-state index contributed by atoms with van der Waals surface area (Å²) in [5.74, 6) is 0.747. The lowest BCUT2D eigenvalue weighted by Crippen LogP contribution is -2.49. The summed E-state index contributed by atoms with van der Waals surface area (Å²) >= 11 is 0. The zero-order chi connectivity index (χ0) is 17.5. The summed E-state index contributed by atoms with van der Waals surface area (Å²) in [6.45, 7) is 5.66. The van der Waals surface area contributed by atoms with Crippen molar-refractivity contribution in [3.63, 3.8) is 0 Å². The Morgan fingerprint density at radius 2 is 1.76 bits per heavy atom. The summed E-state index contributed by atoms with van der Waals surface area (Å²) in [6.07, 6.45) is 3.54. The second-order valence-electron chi connectivity index (χ2n) is 6.03. The standard InChI is InChI=1S/C18H24N6O/c19-14-15-2-4-16(5-3-15)17(25)20-8-9-23-10-12-24(13-11-23)18-21-6-1-7-22-18/h1-7H,8-14,19H2,(H,20,25). The lowest BCUT2D eigenvalue weighted by atomic mass is 10.1. The van der Waals surface area contributed by atoms with Gasteiger partial charge in [0.1, 0.15) is 0 Å². The van der Waals surface area contributed by atoms with Gasteiger partial charge in [-0.1, -0.05) is 12.1 Å². The number of carbonyl (C=O) groups is 1. The summed E-state index contributed by atoms with van der Waals surface area (Å²) in [4.78, 5) is 25.3. The van der Waals surface area contributed by atoms with E-state index in [1.54, 1.807) is 12.4 Å². The molecule has 1 aromatic carbocycles. The van der Waals surface area contributed by atoms with Crippen LogP contribution in [0.1, 0.15) is 15.9 Å². The highest BCUT2D eigenvalue weighted by molar-refractivity contribution is 5.94. The molecular formula is C18H24N6O. The number of nitrogens with one attached hydrogen (secondary N) is 1. The molecule has 3 rings (SSSR count). The third kappa shape index (κ3) is 4.74. The maximum Gasteiger partial charge on any atom is 0.251 e. The van der Waals surface area contributed by atoms with E-state index in [9.17, 15) is 4.79 Å². The third-order valence-electron chi connectivity index (χ3n) is 4.37. The Morgan fingerprint density at radius 3 is 2.40 bits per heavy atom. The second kappa shape index (κ2) is 8.55. The van der Waals surface area contributed by atoms with Crippen LogP contribution >= 0.6 is 0 Å². The van der Waals surface area contributed by atoms with Crippen molar-refractivity contribution in [3.8, 4) is 0 Å². The fraction of sp³-hybridized carbons (Fsp3) is 0.389. The lowest BCUT2D eigenvalue weighted by molar-refractivity contribution is 0.0948. The Labute approximate surface area is 147 Å². The van der Waals surface area contributed by atoms with Crippen molar-refractivity contribution in [2.45, 2.75) is 6.54 Å². The second-order valence-corrected chi connectivity index (χ2v) is 6.03. The Kier molecular flexibility index (Phi) is 5.92. The average molecular weight is 340 g/mol. The number of carbonyl (C=O) groups excluding carboxylic acids is 1. The van der Waals surface area contributed by atoms with Gasteiger partial charge in [0.25, 0.3) is 5.91 Å². The molecule has 0 atom stereocenters. The monoisotopic (exact) mass is 340 g/mol. The smallest absolute Gasteiger partial charge is 0.251 e. The van der Waals surface area contributed by atoms with Crippen molar-refractivity contribution in [1.29, 1.82) is 0 Å². The number of hydrogen-bond donors (Lipinski definition) is 2. The van der Waals surface area contributed by atoms with E-state index in [4.69, 9.17) is 5.73 Å². The van der Waals surface area contributed by atoms with Gasteiger partial charge in [-0.25, -0.2) is 9.97 Å². The predicted octanol–water partition coefficient (Wildman–Crippen LogP) is 0.487. The van der Waals surface area contributed by atoms with E-state index < -0.39 is 0 Å². The molecule has 1 saturated heterocycles. The van der Waals surface area contributed by atoms with E-state index >= 15 is 0 Å². The zero-order valence-corrected chi connectivity index (χ0v) is 14.3. The van der Waals surface area contributed by atoms with Gasteiger partial charge in [-0.15, -0.1) is 0 Å². The van der Waals surface area contributed by atoms with Gasteiger partial charge < -0.3 is 16.0 Å². The van der Waals surface area contributed by atoms with Crippen LogP contribution in [0.5, 0.6) is 0 Å². The van der Waals surface area contributed by atoms with E-state index in [1.807, 2.05) is 30.3 Å². The van der Waals surface area contributed by atoms with Crippen LogP contribution in [0.25, 0.3) is 0 Å². The number of rotatable bonds is 6. The molecule has 3 N–H and O–H groups in total. The summed E-state index contributed by atoms with van der Waals surface area (Å²) in [7, 11) is 0. The number of aromatic nitrogens is 2. The maximum absolute atomic E-state index is 12.1. The van der Waals surface area contributed by atoms with Gasteiger partial charge in [-0.2, -0.15) is 0 Å². The topological polar surface area (TPSA) is 87.4 Å². The first-order chi connectivity index (χ1) is 12.3. The number of nitrogens with zero attached hydrogens (tertiary/aromatic N) is 4. The first-order valence-electron chi connectivity index (χ1n) is 8.58.